The fourth-order valence-electron chi connectivity index (χ4n) is 2.72. The molecule has 4 heteroatoms. The topological polar surface area (TPSA) is 37.0 Å². The minimum Gasteiger partial charge on any atom is -0.366 e. The molecule has 0 bridgehead atoms. The lowest BCUT2D eigenvalue weighted by molar-refractivity contribution is 0.455. The molecule has 0 radical (unpaired) electrons. The highest BCUT2D eigenvalue weighted by atomic mass is 19.1. The van der Waals surface area contributed by atoms with Gasteiger partial charge in [0.1, 0.15) is 11.6 Å². The average Bonchev–Trinajstić information content (AvgIpc) is 2.54. The van der Waals surface area contributed by atoms with Gasteiger partial charge in [-0.25, -0.2) is 9.37 Å². The van der Waals surface area contributed by atoms with Crippen LogP contribution in [0.4, 0.5) is 10.2 Å². The zero-order valence-electron chi connectivity index (χ0n) is 12.0. The summed E-state index contributed by atoms with van der Waals surface area (Å²) in [5.74, 6) is 1.14. The quantitative estimate of drug-likeness (QED) is 0.905. The maximum atomic E-state index is 13.1. The molecule has 0 aliphatic carbocycles. The molecule has 21 heavy (non-hydrogen) atoms. The van der Waals surface area contributed by atoms with Gasteiger partial charge < -0.3 is 10.6 Å². The molecule has 0 amide bonds. The summed E-state index contributed by atoms with van der Waals surface area (Å²) in [5.41, 5.74) is 2.05. The molecule has 2 heterocycles. The van der Waals surface area contributed by atoms with Crippen molar-refractivity contribution in [2.45, 2.75) is 25.3 Å². The van der Waals surface area contributed by atoms with E-state index >= 15 is 0 Å². The normalized spacial score (nSPS) is 18.4. The van der Waals surface area contributed by atoms with Crippen molar-refractivity contribution in [3.05, 3.63) is 59.5 Å². The van der Waals surface area contributed by atoms with E-state index in [0.717, 1.165) is 30.2 Å². The van der Waals surface area contributed by atoms with E-state index in [0.29, 0.717) is 12.5 Å². The first-order chi connectivity index (χ1) is 10.3. The van der Waals surface area contributed by atoms with Gasteiger partial charge in [-0.2, -0.15) is 0 Å². The SMILES string of the molecule is Fc1cccc(CNc2cccc(C3CCCNC3)n2)c1. The van der Waals surface area contributed by atoms with E-state index in [1.165, 1.54) is 18.9 Å². The number of aromatic nitrogens is 1. The third kappa shape index (κ3) is 3.79. The van der Waals surface area contributed by atoms with Gasteiger partial charge >= 0.3 is 0 Å². The Kier molecular flexibility index (Phi) is 4.46. The second-order valence-electron chi connectivity index (χ2n) is 5.47. The Morgan fingerprint density at radius 1 is 1.24 bits per heavy atom. The van der Waals surface area contributed by atoms with Gasteiger partial charge in [0.05, 0.1) is 0 Å². The lowest BCUT2D eigenvalue weighted by Gasteiger charge is -2.22. The van der Waals surface area contributed by atoms with Gasteiger partial charge in [0.2, 0.25) is 0 Å². The first-order valence-electron chi connectivity index (χ1n) is 7.47. The van der Waals surface area contributed by atoms with Crippen LogP contribution >= 0.6 is 0 Å². The van der Waals surface area contributed by atoms with E-state index in [9.17, 15) is 4.39 Å². The minimum atomic E-state index is -0.204. The molecule has 2 aromatic rings. The average molecular weight is 285 g/mol. The molecular weight excluding hydrogens is 265 g/mol. The molecule has 110 valence electrons. The Balaban J connectivity index is 1.65. The van der Waals surface area contributed by atoms with Crippen LogP contribution in [0.3, 0.4) is 0 Å². The van der Waals surface area contributed by atoms with Gasteiger partial charge in [-0.15, -0.1) is 0 Å². The lowest BCUT2D eigenvalue weighted by atomic mass is 9.96. The zero-order chi connectivity index (χ0) is 14.5. The Morgan fingerprint density at radius 3 is 2.95 bits per heavy atom. The largest absolute Gasteiger partial charge is 0.366 e. The number of nitrogens with zero attached hydrogens (tertiary/aromatic N) is 1. The monoisotopic (exact) mass is 285 g/mol. The fraction of sp³-hybridized carbons (Fsp3) is 0.353. The predicted octanol–water partition coefficient (Wildman–Crippen LogP) is 3.30. The van der Waals surface area contributed by atoms with Crippen LogP contribution in [0.2, 0.25) is 0 Å². The first-order valence-corrected chi connectivity index (χ1v) is 7.47. The van der Waals surface area contributed by atoms with Crippen LogP contribution in [0.15, 0.2) is 42.5 Å². The fourth-order valence-corrected chi connectivity index (χ4v) is 2.72. The third-order valence-corrected chi connectivity index (χ3v) is 3.85. The molecule has 3 rings (SSSR count). The van der Waals surface area contributed by atoms with Gasteiger partial charge in [-0.1, -0.05) is 18.2 Å². The van der Waals surface area contributed by atoms with Crippen molar-refractivity contribution in [3.63, 3.8) is 0 Å². The molecular formula is C17H20FN3. The van der Waals surface area contributed by atoms with Crippen LogP contribution in [0.25, 0.3) is 0 Å². The number of benzene rings is 1. The van der Waals surface area contributed by atoms with E-state index in [1.54, 1.807) is 12.1 Å². The van der Waals surface area contributed by atoms with Gasteiger partial charge in [-0.05, 0) is 49.2 Å². The summed E-state index contributed by atoms with van der Waals surface area (Å²) in [4.78, 5) is 4.69. The Bertz CT molecular complexity index is 594. The molecule has 1 saturated heterocycles. The van der Waals surface area contributed by atoms with Gasteiger partial charge in [0.25, 0.3) is 0 Å². The molecule has 1 aromatic heterocycles. The smallest absolute Gasteiger partial charge is 0.126 e. The van der Waals surface area contributed by atoms with Crippen molar-refractivity contribution in [3.8, 4) is 0 Å². The molecule has 1 aliphatic rings. The number of piperidine rings is 1. The van der Waals surface area contributed by atoms with Crippen molar-refractivity contribution in [2.24, 2.45) is 0 Å². The Hall–Kier alpha value is -1.94. The Labute approximate surface area is 124 Å². The number of nitrogens with one attached hydrogen (secondary N) is 2. The number of rotatable bonds is 4. The second kappa shape index (κ2) is 6.68. The van der Waals surface area contributed by atoms with E-state index in [4.69, 9.17) is 0 Å². The van der Waals surface area contributed by atoms with Crippen molar-refractivity contribution < 1.29 is 4.39 Å². The molecule has 1 fully saturated rings. The van der Waals surface area contributed by atoms with Gasteiger partial charge in [0.15, 0.2) is 0 Å². The summed E-state index contributed by atoms with van der Waals surface area (Å²) in [6.07, 6.45) is 2.39. The maximum Gasteiger partial charge on any atom is 0.126 e. The predicted molar refractivity (Wildman–Crippen MR) is 82.8 cm³/mol. The lowest BCUT2D eigenvalue weighted by Crippen LogP contribution is -2.28. The molecule has 1 aliphatic heterocycles. The van der Waals surface area contributed by atoms with Gasteiger partial charge in [-0.3, -0.25) is 0 Å². The van der Waals surface area contributed by atoms with Crippen LogP contribution in [-0.4, -0.2) is 18.1 Å². The number of hydrogen-bond donors (Lipinski definition) is 2. The number of pyridine rings is 1. The highest BCUT2D eigenvalue weighted by Crippen LogP contribution is 2.22. The summed E-state index contributed by atoms with van der Waals surface area (Å²) in [7, 11) is 0. The van der Waals surface area contributed by atoms with Crippen LogP contribution in [0.1, 0.15) is 30.0 Å². The maximum absolute atomic E-state index is 13.1. The summed E-state index contributed by atoms with van der Waals surface area (Å²) in [5, 5.41) is 6.68. The van der Waals surface area contributed by atoms with Crippen molar-refractivity contribution >= 4 is 5.82 Å². The summed E-state index contributed by atoms with van der Waals surface area (Å²) < 4.78 is 13.1. The molecule has 1 unspecified atom stereocenters. The van der Waals surface area contributed by atoms with Crippen molar-refractivity contribution in [1.82, 2.24) is 10.3 Å². The summed E-state index contributed by atoms with van der Waals surface area (Å²) >= 11 is 0. The van der Waals surface area contributed by atoms with Crippen LogP contribution in [0.5, 0.6) is 0 Å². The van der Waals surface area contributed by atoms with E-state index in [2.05, 4.69) is 21.7 Å². The van der Waals surface area contributed by atoms with E-state index < -0.39 is 0 Å². The number of hydrogen-bond acceptors (Lipinski definition) is 3. The molecule has 0 saturated carbocycles. The summed E-state index contributed by atoms with van der Waals surface area (Å²) in [6.45, 7) is 2.69. The number of anilines is 1. The third-order valence-electron chi connectivity index (χ3n) is 3.85. The highest BCUT2D eigenvalue weighted by Gasteiger charge is 2.16. The Morgan fingerprint density at radius 2 is 2.14 bits per heavy atom. The van der Waals surface area contributed by atoms with Gasteiger partial charge in [0, 0.05) is 24.7 Å². The minimum absolute atomic E-state index is 0.204. The second-order valence-corrected chi connectivity index (χ2v) is 5.47. The standard InChI is InChI=1S/C17H20FN3/c18-15-6-1-4-13(10-15)11-20-17-8-2-7-16(21-17)14-5-3-9-19-12-14/h1-2,4,6-8,10,14,19H,3,5,9,11-12H2,(H,20,21). The molecule has 1 atom stereocenters. The molecule has 1 aromatic carbocycles. The van der Waals surface area contributed by atoms with Crippen molar-refractivity contribution in [2.75, 3.05) is 18.4 Å². The molecule has 3 nitrogen and oxygen atoms in total. The first kappa shape index (κ1) is 14.0. The number of halogens is 1. The van der Waals surface area contributed by atoms with E-state index in [-0.39, 0.29) is 5.82 Å². The van der Waals surface area contributed by atoms with E-state index in [1.807, 2.05) is 18.2 Å². The van der Waals surface area contributed by atoms with Crippen LogP contribution < -0.4 is 10.6 Å². The van der Waals surface area contributed by atoms with Crippen molar-refractivity contribution in [1.29, 1.82) is 0 Å². The van der Waals surface area contributed by atoms with Crippen LogP contribution in [0, 0.1) is 5.82 Å². The summed E-state index contributed by atoms with van der Waals surface area (Å²) in [6, 6.07) is 12.7. The zero-order valence-corrected chi connectivity index (χ0v) is 12.0. The molecule has 2 N–H and O–H groups in total. The highest BCUT2D eigenvalue weighted by molar-refractivity contribution is 5.37. The molecule has 0 spiro atoms. The van der Waals surface area contributed by atoms with Crippen LogP contribution in [-0.2, 0) is 6.54 Å².